The zero-order valence-electron chi connectivity index (χ0n) is 19.9. The Labute approximate surface area is 177 Å². The standard InChI is InChI=1S/C28H50/c1-20(2)10-9-11-21(3)24-15-16-25-23-14-13-22-12-7-6-8-18-27(22,4)26(23)17-19-28(24,25)5/h20-26H,6-19H2,1-5H3/t21-,22-,23+,24+,25-,26+,27+,28-/m1/s1. The largest absolute Gasteiger partial charge is 0.0628 e. The van der Waals surface area contributed by atoms with Crippen LogP contribution in [0.25, 0.3) is 0 Å². The molecule has 0 aromatic rings. The van der Waals surface area contributed by atoms with E-state index in [0.717, 1.165) is 41.4 Å². The predicted molar refractivity (Wildman–Crippen MR) is 122 cm³/mol. The van der Waals surface area contributed by atoms with E-state index in [0.29, 0.717) is 10.8 Å². The van der Waals surface area contributed by atoms with Crippen molar-refractivity contribution in [1.82, 2.24) is 0 Å². The third kappa shape index (κ3) is 3.62. The average molecular weight is 387 g/mol. The van der Waals surface area contributed by atoms with Crippen LogP contribution in [-0.4, -0.2) is 0 Å². The maximum atomic E-state index is 2.76. The van der Waals surface area contributed by atoms with Gasteiger partial charge < -0.3 is 0 Å². The monoisotopic (exact) mass is 386 g/mol. The van der Waals surface area contributed by atoms with Crippen molar-refractivity contribution in [1.29, 1.82) is 0 Å². The van der Waals surface area contributed by atoms with Gasteiger partial charge in [0.05, 0.1) is 0 Å². The molecule has 4 aliphatic carbocycles. The highest BCUT2D eigenvalue weighted by Gasteiger charge is 2.59. The summed E-state index contributed by atoms with van der Waals surface area (Å²) >= 11 is 0. The summed E-state index contributed by atoms with van der Waals surface area (Å²) in [6.07, 6.45) is 21.4. The smallest absolute Gasteiger partial charge is 0.0264 e. The first-order valence-corrected chi connectivity index (χ1v) is 13.4. The van der Waals surface area contributed by atoms with E-state index in [1.807, 2.05) is 0 Å². The van der Waals surface area contributed by atoms with Crippen LogP contribution in [-0.2, 0) is 0 Å². The summed E-state index contributed by atoms with van der Waals surface area (Å²) in [6, 6.07) is 0. The fourth-order valence-electron chi connectivity index (χ4n) is 9.50. The van der Waals surface area contributed by atoms with Crippen LogP contribution < -0.4 is 0 Å². The fraction of sp³-hybridized carbons (Fsp3) is 1.00. The Morgan fingerprint density at radius 2 is 1.50 bits per heavy atom. The van der Waals surface area contributed by atoms with E-state index in [1.165, 1.54) is 38.5 Å². The second-order valence-corrected chi connectivity index (χ2v) is 12.8. The van der Waals surface area contributed by atoms with Crippen molar-refractivity contribution in [2.45, 2.75) is 125 Å². The van der Waals surface area contributed by atoms with Gasteiger partial charge in [0.15, 0.2) is 0 Å². The molecule has 0 aliphatic heterocycles. The fourth-order valence-corrected chi connectivity index (χ4v) is 9.50. The molecular formula is C28H50. The minimum atomic E-state index is 0.673. The van der Waals surface area contributed by atoms with Crippen LogP contribution in [0.15, 0.2) is 0 Å². The van der Waals surface area contributed by atoms with Gasteiger partial charge in [-0.25, -0.2) is 0 Å². The molecule has 0 N–H and O–H groups in total. The van der Waals surface area contributed by atoms with E-state index in [4.69, 9.17) is 0 Å². The number of hydrogen-bond donors (Lipinski definition) is 0. The van der Waals surface area contributed by atoms with Crippen molar-refractivity contribution in [2.24, 2.45) is 52.3 Å². The van der Waals surface area contributed by atoms with Crippen molar-refractivity contribution in [3.63, 3.8) is 0 Å². The molecule has 0 saturated heterocycles. The van der Waals surface area contributed by atoms with Gasteiger partial charge in [-0.05, 0) is 104 Å². The Bertz CT molecular complexity index is 520. The van der Waals surface area contributed by atoms with E-state index < -0.39 is 0 Å². The third-order valence-corrected chi connectivity index (χ3v) is 11.0. The quantitative estimate of drug-likeness (QED) is 0.442. The first-order valence-electron chi connectivity index (χ1n) is 13.4. The first kappa shape index (κ1) is 21.2. The molecule has 8 atom stereocenters. The topological polar surface area (TPSA) is 0 Å². The molecule has 0 bridgehead atoms. The van der Waals surface area contributed by atoms with E-state index in [1.54, 1.807) is 51.4 Å². The highest BCUT2D eigenvalue weighted by molar-refractivity contribution is 5.08. The molecule has 162 valence electrons. The second-order valence-electron chi connectivity index (χ2n) is 12.8. The summed E-state index contributed by atoms with van der Waals surface area (Å²) < 4.78 is 0. The van der Waals surface area contributed by atoms with Gasteiger partial charge in [-0.2, -0.15) is 0 Å². The van der Waals surface area contributed by atoms with Gasteiger partial charge in [0, 0.05) is 0 Å². The number of hydrogen-bond acceptors (Lipinski definition) is 0. The molecule has 0 amide bonds. The number of fused-ring (bicyclic) bond motifs is 5. The molecule has 4 fully saturated rings. The number of rotatable bonds is 5. The lowest BCUT2D eigenvalue weighted by Crippen LogP contribution is -2.52. The normalized spacial score (nSPS) is 47.1. The zero-order chi connectivity index (χ0) is 19.9. The van der Waals surface area contributed by atoms with Crippen molar-refractivity contribution in [3.05, 3.63) is 0 Å². The molecule has 0 nitrogen and oxygen atoms in total. The molecule has 4 aliphatic rings. The summed E-state index contributed by atoms with van der Waals surface area (Å²) in [5.41, 5.74) is 1.37. The summed E-state index contributed by atoms with van der Waals surface area (Å²) in [5, 5.41) is 0. The van der Waals surface area contributed by atoms with Gasteiger partial charge in [0.1, 0.15) is 0 Å². The highest BCUT2D eigenvalue weighted by Crippen LogP contribution is 2.68. The summed E-state index contributed by atoms with van der Waals surface area (Å²) in [7, 11) is 0. The maximum Gasteiger partial charge on any atom is -0.0264 e. The summed E-state index contributed by atoms with van der Waals surface area (Å²) in [5.74, 6) is 7.12. The summed E-state index contributed by atoms with van der Waals surface area (Å²) in [4.78, 5) is 0. The summed E-state index contributed by atoms with van der Waals surface area (Å²) in [6.45, 7) is 12.9. The van der Waals surface area contributed by atoms with Crippen molar-refractivity contribution in [3.8, 4) is 0 Å². The van der Waals surface area contributed by atoms with Crippen molar-refractivity contribution < 1.29 is 0 Å². The van der Waals surface area contributed by atoms with Gasteiger partial charge >= 0.3 is 0 Å². The zero-order valence-corrected chi connectivity index (χ0v) is 19.9. The molecular weight excluding hydrogens is 336 g/mol. The van der Waals surface area contributed by atoms with Gasteiger partial charge in [-0.3, -0.25) is 0 Å². The Kier molecular flexibility index (Phi) is 6.27. The van der Waals surface area contributed by atoms with Crippen LogP contribution in [0.5, 0.6) is 0 Å². The molecule has 0 aromatic heterocycles. The molecule has 4 rings (SSSR count). The third-order valence-electron chi connectivity index (χ3n) is 11.0. The van der Waals surface area contributed by atoms with Crippen LogP contribution in [0, 0.1) is 52.3 Å². The van der Waals surface area contributed by atoms with E-state index in [9.17, 15) is 0 Å². The molecule has 28 heavy (non-hydrogen) atoms. The molecule has 0 unspecified atom stereocenters. The van der Waals surface area contributed by atoms with Gasteiger partial charge in [-0.1, -0.05) is 73.1 Å². The Balaban J connectivity index is 1.47. The Morgan fingerprint density at radius 1 is 0.714 bits per heavy atom. The van der Waals surface area contributed by atoms with Gasteiger partial charge in [0.2, 0.25) is 0 Å². The minimum absolute atomic E-state index is 0.673. The molecule has 0 aromatic carbocycles. The maximum absolute atomic E-state index is 2.76. The molecule has 0 heterocycles. The van der Waals surface area contributed by atoms with Crippen molar-refractivity contribution >= 4 is 0 Å². The van der Waals surface area contributed by atoms with E-state index >= 15 is 0 Å². The van der Waals surface area contributed by atoms with Crippen LogP contribution in [0.4, 0.5) is 0 Å². The lowest BCUT2D eigenvalue weighted by atomic mass is 9.46. The van der Waals surface area contributed by atoms with Crippen LogP contribution in [0.1, 0.15) is 125 Å². The predicted octanol–water partition coefficient (Wildman–Crippen LogP) is 8.89. The lowest BCUT2D eigenvalue weighted by Gasteiger charge is -2.59. The van der Waals surface area contributed by atoms with Crippen LogP contribution in [0.3, 0.4) is 0 Å². The van der Waals surface area contributed by atoms with Crippen LogP contribution >= 0.6 is 0 Å². The minimum Gasteiger partial charge on any atom is -0.0628 e. The molecule has 4 saturated carbocycles. The molecule has 0 spiro atoms. The first-order chi connectivity index (χ1) is 13.4. The second kappa shape index (κ2) is 8.26. The Morgan fingerprint density at radius 3 is 2.29 bits per heavy atom. The molecule has 0 radical (unpaired) electrons. The van der Waals surface area contributed by atoms with Gasteiger partial charge in [-0.15, -0.1) is 0 Å². The highest BCUT2D eigenvalue weighted by atomic mass is 14.6. The van der Waals surface area contributed by atoms with Gasteiger partial charge in [0.25, 0.3) is 0 Å². The Hall–Kier alpha value is 0. The SMILES string of the molecule is CC(C)CCC[C@@H](C)[C@@H]1CC[C@@H]2[C@@H]3CC[C@H]4CCCCC[C@]4(C)[C@H]3CC[C@@]21C. The van der Waals surface area contributed by atoms with E-state index in [-0.39, 0.29) is 0 Å². The van der Waals surface area contributed by atoms with Crippen LogP contribution in [0.2, 0.25) is 0 Å². The van der Waals surface area contributed by atoms with Crippen molar-refractivity contribution in [2.75, 3.05) is 0 Å². The molecule has 0 heteroatoms. The lowest BCUT2D eigenvalue weighted by molar-refractivity contribution is -0.103. The van der Waals surface area contributed by atoms with E-state index in [2.05, 4.69) is 34.6 Å². The average Bonchev–Trinajstić information content (AvgIpc) is 2.87.